The van der Waals surface area contributed by atoms with E-state index in [-0.39, 0.29) is 11.5 Å². The number of carbonyl (C=O) groups excluding carboxylic acids is 1. The number of benzene rings is 2. The molecule has 2 rings (SSSR count). The lowest BCUT2D eigenvalue weighted by molar-refractivity contribution is -0.400. The van der Waals surface area contributed by atoms with Crippen molar-refractivity contribution < 1.29 is 28.0 Å². The molecule has 0 aliphatic rings. The maximum Gasteiger partial charge on any atom is 0.235 e. The van der Waals surface area contributed by atoms with Gasteiger partial charge in [0, 0.05) is 11.6 Å². The maximum absolute atomic E-state index is 13.0. The number of halogens is 2. The first kappa shape index (κ1) is 19.8. The van der Waals surface area contributed by atoms with Crippen LogP contribution in [0.3, 0.4) is 0 Å². The normalized spacial score (nSPS) is 9.92. The van der Waals surface area contributed by atoms with Gasteiger partial charge in [-0.2, -0.15) is 0 Å². The Kier molecular flexibility index (Phi) is 7.71. The van der Waals surface area contributed by atoms with Crippen molar-refractivity contribution in [3.63, 3.8) is 0 Å². The van der Waals surface area contributed by atoms with E-state index in [0.29, 0.717) is 17.4 Å². The second-order valence-corrected chi connectivity index (χ2v) is 4.51. The van der Waals surface area contributed by atoms with Gasteiger partial charge in [-0.1, -0.05) is 6.07 Å². The summed E-state index contributed by atoms with van der Waals surface area (Å²) in [6.07, 6.45) is 2.55. The van der Waals surface area contributed by atoms with Crippen LogP contribution in [0.4, 0.5) is 8.78 Å². The lowest BCUT2D eigenvalue weighted by atomic mass is 10.2. The van der Waals surface area contributed by atoms with Gasteiger partial charge in [0.2, 0.25) is 6.20 Å². The lowest BCUT2D eigenvalue weighted by Crippen LogP contribution is -1.89. The minimum Gasteiger partial charge on any atom is -0.494 e. The molecule has 0 unspecified atom stereocenters. The Bertz CT molecular complexity index is 778. The van der Waals surface area contributed by atoms with E-state index in [1.807, 2.05) is 0 Å². The molecular weight excluding hydrogens is 336 g/mol. The van der Waals surface area contributed by atoms with Crippen molar-refractivity contribution in [2.75, 3.05) is 14.2 Å². The first-order chi connectivity index (χ1) is 11.9. The van der Waals surface area contributed by atoms with E-state index in [1.54, 1.807) is 0 Å². The molecule has 0 spiro atoms. The van der Waals surface area contributed by atoms with Crippen LogP contribution in [0, 0.1) is 21.7 Å². The van der Waals surface area contributed by atoms with Crippen molar-refractivity contribution in [3.05, 3.63) is 75.5 Å². The Morgan fingerprint density at radius 3 is 1.84 bits per heavy atom. The van der Waals surface area contributed by atoms with Crippen molar-refractivity contribution in [3.8, 4) is 11.5 Å². The van der Waals surface area contributed by atoms with E-state index in [4.69, 9.17) is 4.74 Å². The molecule has 0 N–H and O–H groups in total. The topological polar surface area (TPSA) is 78.7 Å². The Labute approximate surface area is 142 Å². The Hall–Kier alpha value is -3.29. The number of rotatable bonds is 5. The third-order valence-electron chi connectivity index (χ3n) is 2.88. The van der Waals surface area contributed by atoms with E-state index in [1.165, 1.54) is 50.6 Å². The second kappa shape index (κ2) is 9.76. The highest BCUT2D eigenvalue weighted by atomic mass is 19.1. The number of carbonyl (C=O) groups is 1. The molecule has 0 aliphatic carbocycles. The number of methoxy groups -OCH3 is 2. The molecule has 0 saturated heterocycles. The average molecular weight is 351 g/mol. The third-order valence-corrected chi connectivity index (χ3v) is 2.88. The predicted octanol–water partition coefficient (Wildman–Crippen LogP) is 3.73. The van der Waals surface area contributed by atoms with Gasteiger partial charge in [-0.15, -0.1) is 0 Å². The van der Waals surface area contributed by atoms with Gasteiger partial charge in [0.15, 0.2) is 23.1 Å². The van der Waals surface area contributed by atoms with Gasteiger partial charge in [0.05, 0.1) is 19.1 Å². The molecular formula is C17H15F2NO5. The molecule has 0 aliphatic heterocycles. The largest absolute Gasteiger partial charge is 0.494 e. The summed E-state index contributed by atoms with van der Waals surface area (Å²) in [5.41, 5.74) is 0.725. The van der Waals surface area contributed by atoms with Crippen LogP contribution < -0.4 is 9.47 Å². The molecule has 0 saturated carbocycles. The molecule has 2 aromatic carbocycles. The van der Waals surface area contributed by atoms with Crippen LogP contribution in [0.15, 0.2) is 42.6 Å². The maximum atomic E-state index is 13.0. The van der Waals surface area contributed by atoms with Crippen LogP contribution in [0.25, 0.3) is 6.08 Å². The second-order valence-electron chi connectivity index (χ2n) is 4.51. The zero-order valence-corrected chi connectivity index (χ0v) is 13.4. The summed E-state index contributed by atoms with van der Waals surface area (Å²) in [5, 5.41) is 9.98. The molecule has 0 bridgehead atoms. The van der Waals surface area contributed by atoms with Gasteiger partial charge in [0.25, 0.3) is 0 Å². The number of hydrogen-bond donors (Lipinski definition) is 0. The van der Waals surface area contributed by atoms with Gasteiger partial charge < -0.3 is 9.47 Å². The number of nitro groups is 1. The Morgan fingerprint density at radius 2 is 1.44 bits per heavy atom. The van der Waals surface area contributed by atoms with E-state index < -0.39 is 16.6 Å². The summed E-state index contributed by atoms with van der Waals surface area (Å²) in [6.45, 7) is 0. The highest BCUT2D eigenvalue weighted by Crippen LogP contribution is 2.18. The minimum absolute atomic E-state index is 0.114. The number of aldehydes is 1. The van der Waals surface area contributed by atoms with E-state index in [2.05, 4.69) is 4.74 Å². The smallest absolute Gasteiger partial charge is 0.235 e. The summed E-state index contributed by atoms with van der Waals surface area (Å²) in [6, 6.07) is 8.15. The summed E-state index contributed by atoms with van der Waals surface area (Å²) in [5.74, 6) is -0.797. The molecule has 0 aromatic heterocycles. The fourth-order valence-corrected chi connectivity index (χ4v) is 1.69. The van der Waals surface area contributed by atoms with Crippen LogP contribution in [0.1, 0.15) is 15.9 Å². The molecule has 25 heavy (non-hydrogen) atoms. The average Bonchev–Trinajstić information content (AvgIpc) is 2.60. The monoisotopic (exact) mass is 351 g/mol. The van der Waals surface area contributed by atoms with Crippen molar-refractivity contribution >= 4 is 12.4 Å². The summed E-state index contributed by atoms with van der Waals surface area (Å²) in [7, 11) is 2.73. The summed E-state index contributed by atoms with van der Waals surface area (Å²) >= 11 is 0. The molecule has 0 amide bonds. The highest BCUT2D eigenvalue weighted by Gasteiger charge is 2.02. The predicted molar refractivity (Wildman–Crippen MR) is 87.3 cm³/mol. The molecule has 0 heterocycles. The van der Waals surface area contributed by atoms with Crippen LogP contribution in [-0.4, -0.2) is 25.4 Å². The number of ether oxygens (including phenoxy) is 2. The molecule has 8 heteroatoms. The third kappa shape index (κ3) is 6.38. The lowest BCUT2D eigenvalue weighted by Gasteiger charge is -2.00. The number of hydrogen-bond acceptors (Lipinski definition) is 5. The zero-order valence-electron chi connectivity index (χ0n) is 13.4. The fourth-order valence-electron chi connectivity index (χ4n) is 1.69. The van der Waals surface area contributed by atoms with Crippen LogP contribution >= 0.6 is 0 Å². The molecule has 2 aromatic rings. The van der Waals surface area contributed by atoms with Crippen LogP contribution in [0.2, 0.25) is 0 Å². The SMILES string of the molecule is COc1ccc(/C=C/[N+](=O)[O-])cc1F.COc1ccc(C=O)cc1F. The first-order valence-corrected chi connectivity index (χ1v) is 6.85. The fraction of sp³-hybridized carbons (Fsp3) is 0.118. The van der Waals surface area contributed by atoms with Gasteiger partial charge in [-0.25, -0.2) is 8.78 Å². The Balaban J connectivity index is 0.000000257. The molecule has 0 atom stereocenters. The highest BCUT2D eigenvalue weighted by molar-refractivity contribution is 5.74. The van der Waals surface area contributed by atoms with Gasteiger partial charge in [-0.05, 0) is 35.9 Å². The molecule has 6 nitrogen and oxygen atoms in total. The molecule has 0 radical (unpaired) electrons. The van der Waals surface area contributed by atoms with Gasteiger partial charge >= 0.3 is 0 Å². The standard InChI is InChI=1S/C9H8FNO3.C8H7FO2/c1-14-9-3-2-7(6-8(9)10)4-5-11(12)13;1-11-8-3-2-6(5-10)4-7(8)9/h2-6H,1H3;2-5H,1H3/b5-4+;. The quantitative estimate of drug-likeness (QED) is 0.466. The Morgan fingerprint density at radius 1 is 0.960 bits per heavy atom. The van der Waals surface area contributed by atoms with Crippen molar-refractivity contribution in [1.29, 1.82) is 0 Å². The van der Waals surface area contributed by atoms with Crippen LogP contribution in [-0.2, 0) is 0 Å². The number of nitrogens with zero attached hydrogens (tertiary/aromatic N) is 1. The van der Waals surface area contributed by atoms with Crippen molar-refractivity contribution in [2.45, 2.75) is 0 Å². The van der Waals surface area contributed by atoms with Gasteiger partial charge in [0.1, 0.15) is 6.29 Å². The molecule has 132 valence electrons. The summed E-state index contributed by atoms with van der Waals surface area (Å²) < 4.78 is 35.1. The zero-order chi connectivity index (χ0) is 18.8. The minimum atomic E-state index is -0.609. The van der Waals surface area contributed by atoms with Gasteiger partial charge in [-0.3, -0.25) is 14.9 Å². The first-order valence-electron chi connectivity index (χ1n) is 6.85. The summed E-state index contributed by atoms with van der Waals surface area (Å²) in [4.78, 5) is 19.5. The molecule has 0 fully saturated rings. The van der Waals surface area contributed by atoms with E-state index in [9.17, 15) is 23.7 Å². The van der Waals surface area contributed by atoms with Crippen molar-refractivity contribution in [2.24, 2.45) is 0 Å². The van der Waals surface area contributed by atoms with Crippen molar-refractivity contribution in [1.82, 2.24) is 0 Å². The van der Waals surface area contributed by atoms with E-state index >= 15 is 0 Å². The van der Waals surface area contributed by atoms with Crippen LogP contribution in [0.5, 0.6) is 11.5 Å². The van der Waals surface area contributed by atoms with E-state index in [0.717, 1.165) is 12.3 Å².